The van der Waals surface area contributed by atoms with Gasteiger partial charge in [-0.1, -0.05) is 6.07 Å². The maximum absolute atomic E-state index is 6.19. The maximum Gasteiger partial charge on any atom is 0.494 e. The SMILES string of the molecule is CN1CCC(Cc2nc3cc(B4OC(C)(C)C(C)(C)O4)ccc3s2)CC1. The highest BCUT2D eigenvalue weighted by Crippen LogP contribution is 2.37. The van der Waals surface area contributed by atoms with Gasteiger partial charge in [-0.3, -0.25) is 0 Å². The molecule has 0 N–H and O–H groups in total. The zero-order chi connectivity index (χ0) is 18.5. The molecular weight excluding hydrogens is 343 g/mol. The number of hydrogen-bond acceptors (Lipinski definition) is 5. The minimum absolute atomic E-state index is 0.312. The van der Waals surface area contributed by atoms with Crippen LogP contribution in [0.5, 0.6) is 0 Å². The van der Waals surface area contributed by atoms with E-state index in [4.69, 9.17) is 14.3 Å². The smallest absolute Gasteiger partial charge is 0.399 e. The highest BCUT2D eigenvalue weighted by Gasteiger charge is 2.51. The lowest BCUT2D eigenvalue weighted by Gasteiger charge is -2.32. The van der Waals surface area contributed by atoms with Crippen molar-refractivity contribution in [3.63, 3.8) is 0 Å². The lowest BCUT2D eigenvalue weighted by Crippen LogP contribution is -2.41. The second-order valence-corrected chi connectivity index (χ2v) is 9.99. The molecule has 0 spiro atoms. The van der Waals surface area contributed by atoms with Gasteiger partial charge in [-0.15, -0.1) is 11.3 Å². The number of rotatable bonds is 3. The van der Waals surface area contributed by atoms with Gasteiger partial charge in [0.2, 0.25) is 0 Å². The van der Waals surface area contributed by atoms with Gasteiger partial charge in [0.25, 0.3) is 0 Å². The van der Waals surface area contributed by atoms with Gasteiger partial charge >= 0.3 is 7.12 Å². The van der Waals surface area contributed by atoms with Gasteiger partial charge in [-0.2, -0.15) is 0 Å². The molecule has 26 heavy (non-hydrogen) atoms. The lowest BCUT2D eigenvalue weighted by atomic mass is 9.79. The van der Waals surface area contributed by atoms with Crippen LogP contribution < -0.4 is 5.46 Å². The molecule has 2 aliphatic rings. The number of thiazole rings is 1. The van der Waals surface area contributed by atoms with E-state index in [0.717, 1.165) is 23.3 Å². The van der Waals surface area contributed by atoms with Crippen LogP contribution in [0.3, 0.4) is 0 Å². The van der Waals surface area contributed by atoms with Crippen LogP contribution >= 0.6 is 11.3 Å². The predicted octanol–water partition coefficient (Wildman–Crippen LogP) is 3.48. The molecule has 1 aromatic carbocycles. The van der Waals surface area contributed by atoms with Crippen molar-refractivity contribution in [2.75, 3.05) is 20.1 Å². The Balaban J connectivity index is 1.51. The molecule has 0 radical (unpaired) electrons. The Morgan fingerprint density at radius 3 is 2.46 bits per heavy atom. The molecule has 140 valence electrons. The third kappa shape index (κ3) is 3.44. The fraction of sp³-hybridized carbons (Fsp3) is 0.650. The Kier molecular flexibility index (Phi) is 4.67. The molecule has 0 atom stereocenters. The molecule has 2 aliphatic heterocycles. The lowest BCUT2D eigenvalue weighted by molar-refractivity contribution is 0.00578. The molecule has 2 aromatic rings. The van der Waals surface area contributed by atoms with Gasteiger partial charge in [0.05, 0.1) is 26.4 Å². The predicted molar refractivity (Wildman–Crippen MR) is 109 cm³/mol. The molecular formula is C20H29BN2O2S. The van der Waals surface area contributed by atoms with E-state index in [9.17, 15) is 0 Å². The fourth-order valence-electron chi connectivity index (χ4n) is 3.72. The molecule has 0 bridgehead atoms. The Morgan fingerprint density at radius 2 is 1.81 bits per heavy atom. The first kappa shape index (κ1) is 18.4. The molecule has 0 saturated carbocycles. The average Bonchev–Trinajstić information content (AvgIpc) is 3.06. The summed E-state index contributed by atoms with van der Waals surface area (Å²) in [5, 5.41) is 1.26. The summed E-state index contributed by atoms with van der Waals surface area (Å²) in [5.74, 6) is 0.773. The van der Waals surface area contributed by atoms with Gasteiger partial charge in [0.1, 0.15) is 0 Å². The van der Waals surface area contributed by atoms with Crippen LogP contribution in [-0.2, 0) is 15.7 Å². The average molecular weight is 372 g/mol. The van der Waals surface area contributed by atoms with E-state index < -0.39 is 0 Å². The highest BCUT2D eigenvalue weighted by molar-refractivity contribution is 7.18. The van der Waals surface area contributed by atoms with E-state index in [1.165, 1.54) is 35.6 Å². The third-order valence-corrected chi connectivity index (χ3v) is 7.34. The number of likely N-dealkylation sites (tertiary alicyclic amines) is 1. The van der Waals surface area contributed by atoms with Gasteiger partial charge < -0.3 is 14.2 Å². The zero-order valence-electron chi connectivity index (χ0n) is 16.5. The molecule has 4 rings (SSSR count). The van der Waals surface area contributed by atoms with Gasteiger partial charge in [-0.25, -0.2) is 4.98 Å². The standard InChI is InChI=1S/C20H29BN2O2S/c1-19(2)20(3,4)25-21(24-19)15-6-7-17-16(13-15)22-18(26-17)12-14-8-10-23(5)11-9-14/h6-7,13-14H,8-12H2,1-5H3. The minimum Gasteiger partial charge on any atom is -0.399 e. The molecule has 4 nitrogen and oxygen atoms in total. The summed E-state index contributed by atoms with van der Waals surface area (Å²) < 4.78 is 13.6. The minimum atomic E-state index is -0.316. The molecule has 6 heteroatoms. The van der Waals surface area contributed by atoms with Crippen LogP contribution in [-0.4, -0.2) is 48.3 Å². The first-order valence-electron chi connectivity index (χ1n) is 9.67. The summed E-state index contributed by atoms with van der Waals surface area (Å²) in [6.45, 7) is 10.8. The second-order valence-electron chi connectivity index (χ2n) is 8.87. The largest absolute Gasteiger partial charge is 0.494 e. The molecule has 0 unspecified atom stereocenters. The molecule has 3 heterocycles. The Hall–Kier alpha value is -0.945. The Morgan fingerprint density at radius 1 is 1.15 bits per heavy atom. The normalized spacial score (nSPS) is 23.8. The summed E-state index contributed by atoms with van der Waals surface area (Å²) in [7, 11) is 1.90. The number of benzene rings is 1. The van der Waals surface area contributed by atoms with Crippen LogP contribution in [0, 0.1) is 5.92 Å². The summed E-state index contributed by atoms with van der Waals surface area (Å²) in [5.41, 5.74) is 1.51. The topological polar surface area (TPSA) is 34.6 Å². The highest BCUT2D eigenvalue weighted by atomic mass is 32.1. The van der Waals surface area contributed by atoms with E-state index in [1.807, 2.05) is 11.3 Å². The van der Waals surface area contributed by atoms with Crippen molar-refractivity contribution in [2.24, 2.45) is 5.92 Å². The Bertz CT molecular complexity index is 780. The van der Waals surface area contributed by atoms with Crippen LogP contribution in [0.1, 0.15) is 45.5 Å². The van der Waals surface area contributed by atoms with Crippen LogP contribution in [0.2, 0.25) is 0 Å². The van der Waals surface area contributed by atoms with Crippen LogP contribution in [0.25, 0.3) is 10.2 Å². The summed E-state index contributed by atoms with van der Waals surface area (Å²) in [4.78, 5) is 7.35. The molecule has 1 aromatic heterocycles. The van der Waals surface area contributed by atoms with Gasteiger partial charge in [-0.05, 0) is 84.2 Å². The first-order valence-corrected chi connectivity index (χ1v) is 10.5. The van der Waals surface area contributed by atoms with Crippen molar-refractivity contribution in [3.8, 4) is 0 Å². The van der Waals surface area contributed by atoms with Crippen LogP contribution in [0.15, 0.2) is 18.2 Å². The molecule has 2 fully saturated rings. The van der Waals surface area contributed by atoms with Crippen LogP contribution in [0.4, 0.5) is 0 Å². The van der Waals surface area contributed by atoms with Crippen molar-refractivity contribution in [2.45, 2.75) is 58.2 Å². The van der Waals surface area contributed by atoms with E-state index in [-0.39, 0.29) is 18.3 Å². The van der Waals surface area contributed by atoms with Crippen molar-refractivity contribution in [3.05, 3.63) is 23.2 Å². The zero-order valence-corrected chi connectivity index (χ0v) is 17.4. The molecule has 2 saturated heterocycles. The number of piperidine rings is 1. The van der Waals surface area contributed by atoms with Crippen molar-refractivity contribution >= 4 is 34.1 Å². The fourth-order valence-corrected chi connectivity index (χ4v) is 4.78. The number of hydrogen-bond donors (Lipinski definition) is 0. The quantitative estimate of drug-likeness (QED) is 0.773. The Labute approximate surface area is 161 Å². The monoisotopic (exact) mass is 372 g/mol. The maximum atomic E-state index is 6.19. The van der Waals surface area contributed by atoms with Crippen molar-refractivity contribution in [1.82, 2.24) is 9.88 Å². The summed E-state index contributed by atoms with van der Waals surface area (Å²) >= 11 is 1.84. The van der Waals surface area contributed by atoms with Crippen molar-refractivity contribution < 1.29 is 9.31 Å². The van der Waals surface area contributed by atoms with E-state index in [1.54, 1.807) is 0 Å². The first-order chi connectivity index (χ1) is 12.2. The van der Waals surface area contributed by atoms with E-state index in [2.05, 4.69) is 57.8 Å². The number of nitrogens with zero attached hydrogens (tertiary/aromatic N) is 2. The summed E-state index contributed by atoms with van der Waals surface area (Å²) in [6, 6.07) is 6.44. The summed E-state index contributed by atoms with van der Waals surface area (Å²) in [6.07, 6.45) is 3.68. The van der Waals surface area contributed by atoms with Gasteiger partial charge in [0.15, 0.2) is 0 Å². The van der Waals surface area contributed by atoms with E-state index >= 15 is 0 Å². The van der Waals surface area contributed by atoms with Gasteiger partial charge in [0, 0.05) is 6.42 Å². The molecule has 0 aliphatic carbocycles. The number of fused-ring (bicyclic) bond motifs is 1. The second kappa shape index (κ2) is 6.59. The number of aromatic nitrogens is 1. The third-order valence-electron chi connectivity index (χ3n) is 6.28. The van der Waals surface area contributed by atoms with E-state index in [0.29, 0.717) is 0 Å². The molecule has 0 amide bonds. The van der Waals surface area contributed by atoms with Crippen molar-refractivity contribution in [1.29, 1.82) is 0 Å².